The second-order valence-corrected chi connectivity index (χ2v) is 36.2. The van der Waals surface area contributed by atoms with Gasteiger partial charge in [-0.2, -0.15) is 4.31 Å². The van der Waals surface area contributed by atoms with Crippen molar-refractivity contribution in [2.24, 2.45) is 22.6 Å². The van der Waals surface area contributed by atoms with Crippen LogP contribution in [0.5, 0.6) is 0 Å². The van der Waals surface area contributed by atoms with Crippen LogP contribution in [0, 0.1) is 11.8 Å². The number of rotatable bonds is 97. The molecule has 7 N–H and O–H groups in total. The summed E-state index contributed by atoms with van der Waals surface area (Å²) in [6.07, 6.45) is 3.96. The molecule has 842 valence electrons. The lowest BCUT2D eigenvalue weighted by Crippen LogP contribution is -2.56. The highest BCUT2D eigenvalue weighted by molar-refractivity contribution is 7.89. The van der Waals surface area contributed by atoms with Crippen LogP contribution in [0.4, 0.5) is 16.2 Å². The quantitative estimate of drug-likeness (QED) is 0.0396. The van der Waals surface area contributed by atoms with Crippen molar-refractivity contribution in [1.29, 1.82) is 0 Å². The highest BCUT2D eigenvalue weighted by atomic mass is 32.2. The van der Waals surface area contributed by atoms with E-state index >= 15 is 0 Å². The number of nitrogens with zero attached hydrogens (tertiary/aromatic N) is 4. The van der Waals surface area contributed by atoms with Crippen molar-refractivity contribution >= 4 is 74.9 Å². The second kappa shape index (κ2) is 84.4. The van der Waals surface area contributed by atoms with Gasteiger partial charge in [-0.25, -0.2) is 18.2 Å². The largest absolute Gasteiger partial charge is 0.481 e. The molecule has 2 saturated heterocycles. The van der Waals surface area contributed by atoms with Gasteiger partial charge in [0.2, 0.25) is 39.6 Å². The monoisotopic (exact) mass is 2130 g/mol. The maximum absolute atomic E-state index is 13.8. The summed E-state index contributed by atoms with van der Waals surface area (Å²) in [6, 6.07) is 16.2. The number of alkyl carbamates (subject to hydrolysis) is 1. The number of hydrogen-bond donors (Lipinski definition) is 6. The van der Waals surface area contributed by atoms with Gasteiger partial charge in [-0.3, -0.25) is 28.8 Å². The Labute approximate surface area is 872 Å². The van der Waals surface area contributed by atoms with Crippen LogP contribution in [0.1, 0.15) is 90.7 Å². The molecule has 3 aliphatic heterocycles. The molecule has 0 aliphatic carbocycles. The lowest BCUT2D eigenvalue weighted by atomic mass is 10.0. The first-order chi connectivity index (χ1) is 72.3. The number of carboxylic acid groups (broad SMARTS) is 1. The smallest absolute Gasteiger partial charge is 0.407 e. The third-order valence-corrected chi connectivity index (χ3v) is 23.9. The fourth-order valence-corrected chi connectivity index (χ4v) is 16.0. The molecular weight excluding hydrogens is 1960 g/mol. The van der Waals surface area contributed by atoms with Gasteiger partial charge in [-0.05, 0) is 91.6 Å². The van der Waals surface area contributed by atoms with Crippen LogP contribution in [0.3, 0.4) is 0 Å². The van der Waals surface area contributed by atoms with Crippen molar-refractivity contribution in [3.05, 3.63) is 83.4 Å². The summed E-state index contributed by atoms with van der Waals surface area (Å²) in [6.45, 7) is 32.4. The number of likely N-dealkylation sites (tertiary alicyclic amines) is 1. The SMILES string of the molecule is CCCN(CCC)C(=O)C1=Cc2ccc(-c3cccc(S(=O)(=O)N4CC(CNC(=O)OCc5ccc(NC(=O)[C@@H](NC(=O)[C@@H]6CCCN6C(=O)[C@@H](C)NC(=O)CCOCCOCCOCCOCCOCCOCCOCCOCCOCCOCCOCCOCCOCCOCCOCCOCCOCCOCCOCCOCCOCCOCCOCCOCCOCCC(=O)O)C(C)C)cc5)C4)c3)cc2N=C(N)C1. The lowest BCUT2D eigenvalue weighted by Gasteiger charge is -2.38. The van der Waals surface area contributed by atoms with Gasteiger partial charge in [0.1, 0.15) is 30.6 Å². The van der Waals surface area contributed by atoms with Gasteiger partial charge in [-0.1, -0.05) is 64.1 Å². The number of nitrogens with one attached hydrogen (secondary N) is 4. The molecule has 148 heavy (non-hydrogen) atoms. The highest BCUT2D eigenvalue weighted by Crippen LogP contribution is 2.35. The number of benzene rings is 3. The fourth-order valence-electron chi connectivity index (χ4n) is 14.3. The number of nitrogens with two attached hydrogens (primary N) is 1. The van der Waals surface area contributed by atoms with E-state index in [1.807, 2.05) is 49.1 Å². The van der Waals surface area contributed by atoms with Crippen LogP contribution in [0.15, 0.2) is 82.2 Å². The van der Waals surface area contributed by atoms with Crippen LogP contribution >= 0.6 is 0 Å². The molecule has 3 aliphatic rings. The average molecular weight is 2130 g/mol. The van der Waals surface area contributed by atoms with Crippen LogP contribution in [-0.4, -0.2) is 463 Å². The third-order valence-electron chi connectivity index (χ3n) is 22.1. The van der Waals surface area contributed by atoms with E-state index < -0.39 is 63.8 Å². The maximum Gasteiger partial charge on any atom is 0.407 e. The predicted octanol–water partition coefficient (Wildman–Crippen LogP) is 5.18. The predicted molar refractivity (Wildman–Crippen MR) is 545 cm³/mol. The van der Waals surface area contributed by atoms with E-state index in [1.165, 1.54) is 9.21 Å². The Balaban J connectivity index is 0.605. The van der Waals surface area contributed by atoms with E-state index in [0.29, 0.717) is 370 Å². The van der Waals surface area contributed by atoms with Crippen LogP contribution in [0.25, 0.3) is 17.2 Å². The summed E-state index contributed by atoms with van der Waals surface area (Å²) in [7, 11) is -3.87. The number of amides is 6. The minimum atomic E-state index is -3.87. The number of carboxylic acids is 1. The van der Waals surface area contributed by atoms with Crippen molar-refractivity contribution in [2.45, 2.75) is 109 Å². The average Bonchev–Trinajstić information content (AvgIpc) is 0.787. The Morgan fingerprint density at radius 3 is 1.19 bits per heavy atom. The van der Waals surface area contributed by atoms with Crippen molar-refractivity contribution < 1.29 is 170 Å². The van der Waals surface area contributed by atoms with E-state index in [4.69, 9.17) is 134 Å². The standard InChI is InChI=1S/C102H167N9O36S/c1-6-21-109(22-7-2)101(118)89-74-88-16-15-87(76-92(88)107-94(103)77-89)86-10-8-11-91(75-86)148(120,121)110-79-85(80-110)78-104-102(119)147-81-84-13-17-90(18-14-84)106-99(116)97(82(3)4)108-98(115)93-12-9-23-111(93)100(117)83(5)105-95(112)19-24-122-26-28-124-30-32-126-34-36-128-38-40-130-42-44-132-46-48-134-50-52-136-54-56-138-58-60-140-62-64-142-66-68-144-70-72-146-73-71-145-69-67-143-65-63-141-61-59-139-57-55-137-53-51-135-49-47-133-45-43-131-41-39-129-37-35-127-33-31-125-29-27-123-25-20-96(113)114/h8,10-11,13-18,74-76,82-83,85,93,97H,6-7,9,12,19-73,77-81H2,1-5H3,(H2,103,107)(H,104,119)(H,105,112)(H,106,116)(H,108,115)(H,113,114)/t83-,93+,97+/m1/s1. The van der Waals surface area contributed by atoms with Gasteiger partial charge in [-0.15, -0.1) is 0 Å². The first-order valence-corrected chi connectivity index (χ1v) is 53.1. The summed E-state index contributed by atoms with van der Waals surface area (Å²) in [4.78, 5) is 98.8. The van der Waals surface area contributed by atoms with Crippen molar-refractivity contribution in [3.8, 4) is 11.1 Å². The minimum absolute atomic E-state index is 0.0000958. The number of sulfonamides is 1. The number of carbonyl (C=O) groups excluding carboxylic acids is 6. The molecule has 3 atom stereocenters. The molecule has 0 unspecified atom stereocenters. The molecule has 6 amide bonds. The molecular formula is C102H167N9O36S. The summed E-state index contributed by atoms with van der Waals surface area (Å²) in [5.74, 6) is -2.90. The van der Waals surface area contributed by atoms with Crippen LogP contribution < -0.4 is 27.0 Å². The Bertz CT molecular complexity index is 4180. The lowest BCUT2D eigenvalue weighted by molar-refractivity contribution is -0.141. The van der Waals surface area contributed by atoms with E-state index in [0.717, 1.165) is 24.0 Å². The molecule has 2 fully saturated rings. The molecule has 0 radical (unpaired) electrons. The van der Waals surface area contributed by atoms with Gasteiger partial charge in [0.15, 0.2) is 0 Å². The van der Waals surface area contributed by atoms with Crippen molar-refractivity contribution in [1.82, 2.24) is 30.1 Å². The van der Waals surface area contributed by atoms with Gasteiger partial charge in [0.05, 0.1) is 347 Å². The highest BCUT2D eigenvalue weighted by Gasteiger charge is 2.40. The summed E-state index contributed by atoms with van der Waals surface area (Å²) < 4.78 is 172. The molecule has 6 rings (SSSR count). The maximum atomic E-state index is 13.8. The number of amidine groups is 1. The molecule has 3 aromatic rings. The minimum Gasteiger partial charge on any atom is -0.481 e. The van der Waals surface area contributed by atoms with E-state index in [1.54, 1.807) is 63.2 Å². The molecule has 45 nitrogen and oxygen atoms in total. The first-order valence-electron chi connectivity index (χ1n) is 51.7. The zero-order chi connectivity index (χ0) is 106. The number of fused-ring (bicyclic) bond motifs is 1. The summed E-state index contributed by atoms with van der Waals surface area (Å²) >= 11 is 0. The van der Waals surface area contributed by atoms with Gasteiger partial charge in [0.25, 0.3) is 0 Å². The van der Waals surface area contributed by atoms with Crippen LogP contribution in [0.2, 0.25) is 0 Å². The summed E-state index contributed by atoms with van der Waals surface area (Å²) in [5.41, 5.74) is 10.7. The Kier molecular flexibility index (Phi) is 73.3. The van der Waals surface area contributed by atoms with E-state index in [2.05, 4.69) is 26.3 Å². The van der Waals surface area contributed by atoms with Gasteiger partial charge < -0.3 is 165 Å². The number of anilines is 1. The fraction of sp³-hybridized carbons (Fsp3) is 0.725. The van der Waals surface area contributed by atoms with Gasteiger partial charge >= 0.3 is 12.1 Å². The zero-order valence-corrected chi connectivity index (χ0v) is 88.4. The Morgan fingerprint density at radius 2 is 0.824 bits per heavy atom. The molecule has 0 spiro atoms. The molecule has 0 saturated carbocycles. The topological polar surface area (TPSA) is 510 Å². The zero-order valence-electron chi connectivity index (χ0n) is 87.6. The number of hydrogen-bond acceptors (Lipinski definition) is 37. The third kappa shape index (κ3) is 60.4. The molecule has 3 aromatic carbocycles. The molecule has 0 bridgehead atoms. The Morgan fingerprint density at radius 1 is 0.459 bits per heavy atom. The van der Waals surface area contributed by atoms with Crippen molar-refractivity contribution in [2.75, 3.05) is 375 Å². The molecule has 0 aromatic heterocycles. The molecule has 3 heterocycles. The van der Waals surface area contributed by atoms with E-state index in [9.17, 15) is 42.0 Å². The number of aliphatic carboxylic acids is 1. The van der Waals surface area contributed by atoms with E-state index in [-0.39, 0.29) is 94.6 Å². The number of carbonyl (C=O) groups is 7. The molecule has 46 heteroatoms. The van der Waals surface area contributed by atoms with Crippen LogP contribution in [-0.2, 0) is 169 Å². The Hall–Kier alpha value is -8.13. The summed E-state index contributed by atoms with van der Waals surface area (Å²) in [5, 5.41) is 19.7. The number of ether oxygens (including phenoxy) is 26. The number of aliphatic imine (C=N–C) groups is 1. The normalized spacial score (nSPS) is 14.3. The second-order valence-electron chi connectivity index (χ2n) is 34.3. The van der Waals surface area contributed by atoms with Gasteiger partial charge in [0, 0.05) is 74.9 Å². The first kappa shape index (κ1) is 129. The van der Waals surface area contributed by atoms with Crippen molar-refractivity contribution in [3.63, 3.8) is 0 Å².